The van der Waals surface area contributed by atoms with E-state index in [1.54, 1.807) is 60.7 Å². The third-order valence-corrected chi connectivity index (χ3v) is 2.20. The molecule has 85 valence electrons. The van der Waals surface area contributed by atoms with Gasteiger partial charge in [-0.3, -0.25) is 0 Å². The molecular formula is C14H10NaO3. The Morgan fingerprint density at radius 2 is 1.00 bits per heavy atom. The summed E-state index contributed by atoms with van der Waals surface area (Å²) < 4.78 is 4.74. The van der Waals surface area contributed by atoms with Crippen molar-refractivity contribution in [3.8, 4) is 0 Å². The van der Waals surface area contributed by atoms with Gasteiger partial charge < -0.3 is 4.74 Å². The number of esters is 2. The monoisotopic (exact) mass is 249 g/mol. The Kier molecular flexibility index (Phi) is 5.78. The molecule has 2 rings (SSSR count). The first-order valence-electron chi connectivity index (χ1n) is 5.14. The fourth-order valence-electron chi connectivity index (χ4n) is 1.35. The summed E-state index contributed by atoms with van der Waals surface area (Å²) in [6.45, 7) is 0. The third-order valence-electron chi connectivity index (χ3n) is 2.20. The zero-order valence-corrected chi connectivity index (χ0v) is 12.0. The minimum atomic E-state index is -0.639. The largest absolute Gasteiger partial charge is 0.386 e. The van der Waals surface area contributed by atoms with Crippen LogP contribution in [0.4, 0.5) is 0 Å². The van der Waals surface area contributed by atoms with Crippen LogP contribution < -0.4 is 0 Å². The van der Waals surface area contributed by atoms with Crippen molar-refractivity contribution in [2.75, 3.05) is 0 Å². The summed E-state index contributed by atoms with van der Waals surface area (Å²) in [5, 5.41) is 0. The smallest absolute Gasteiger partial charge is 0.346 e. The van der Waals surface area contributed by atoms with E-state index < -0.39 is 11.9 Å². The molecule has 0 aliphatic heterocycles. The maximum atomic E-state index is 11.6. The third kappa shape index (κ3) is 3.81. The second kappa shape index (κ2) is 7.11. The fourth-order valence-corrected chi connectivity index (χ4v) is 1.35. The van der Waals surface area contributed by atoms with Crippen molar-refractivity contribution in [2.45, 2.75) is 0 Å². The molecule has 0 bridgehead atoms. The van der Waals surface area contributed by atoms with Crippen molar-refractivity contribution in [2.24, 2.45) is 0 Å². The summed E-state index contributed by atoms with van der Waals surface area (Å²) in [4.78, 5) is 23.2. The molecule has 0 unspecified atom stereocenters. The van der Waals surface area contributed by atoms with E-state index in [0.29, 0.717) is 11.1 Å². The average molecular weight is 249 g/mol. The molecule has 0 aromatic heterocycles. The van der Waals surface area contributed by atoms with Gasteiger partial charge in [-0.15, -0.1) is 0 Å². The van der Waals surface area contributed by atoms with Crippen LogP contribution in [0.25, 0.3) is 0 Å². The van der Waals surface area contributed by atoms with E-state index in [1.165, 1.54) is 0 Å². The molecule has 18 heavy (non-hydrogen) atoms. The summed E-state index contributed by atoms with van der Waals surface area (Å²) >= 11 is 0. The normalized spacial score (nSPS) is 9.11. The Balaban J connectivity index is 0.00000162. The summed E-state index contributed by atoms with van der Waals surface area (Å²) in [6, 6.07) is 16.8. The van der Waals surface area contributed by atoms with E-state index in [1.807, 2.05) is 0 Å². The van der Waals surface area contributed by atoms with Crippen LogP contribution in [0.15, 0.2) is 60.7 Å². The molecule has 0 aliphatic carbocycles. The molecule has 0 aliphatic rings. The number of hydrogen-bond donors (Lipinski definition) is 0. The molecule has 0 fully saturated rings. The standard InChI is InChI=1S/C14H10O3.Na/c15-13(11-7-3-1-4-8-11)17-14(16)12-9-5-2-6-10-12;/h1-10H;. The molecule has 2 aromatic carbocycles. The number of carbonyl (C=O) groups excluding carboxylic acids is 2. The molecular weight excluding hydrogens is 239 g/mol. The predicted molar refractivity (Wildman–Crippen MR) is 68.4 cm³/mol. The van der Waals surface area contributed by atoms with Gasteiger partial charge in [0, 0.05) is 29.6 Å². The average Bonchev–Trinajstić information content (AvgIpc) is 2.40. The second-order valence-electron chi connectivity index (χ2n) is 3.41. The van der Waals surface area contributed by atoms with Gasteiger partial charge in [-0.1, -0.05) is 36.4 Å². The summed E-state index contributed by atoms with van der Waals surface area (Å²) in [5.41, 5.74) is 0.716. The van der Waals surface area contributed by atoms with Crippen molar-refractivity contribution in [1.82, 2.24) is 0 Å². The van der Waals surface area contributed by atoms with E-state index >= 15 is 0 Å². The van der Waals surface area contributed by atoms with E-state index in [4.69, 9.17) is 4.74 Å². The zero-order chi connectivity index (χ0) is 12.1. The van der Waals surface area contributed by atoms with Gasteiger partial charge in [0.25, 0.3) is 0 Å². The number of carbonyl (C=O) groups is 2. The Morgan fingerprint density at radius 3 is 1.33 bits per heavy atom. The molecule has 0 amide bonds. The zero-order valence-electron chi connectivity index (χ0n) is 10.00. The van der Waals surface area contributed by atoms with Gasteiger partial charge in [-0.2, -0.15) is 0 Å². The van der Waals surface area contributed by atoms with Crippen LogP contribution in [-0.2, 0) is 4.74 Å². The number of ether oxygens (including phenoxy) is 1. The Bertz CT molecular complexity index is 474. The molecule has 2 aromatic rings. The summed E-state index contributed by atoms with van der Waals surface area (Å²) in [5.74, 6) is -1.28. The minimum absolute atomic E-state index is 0. The topological polar surface area (TPSA) is 43.4 Å². The maximum Gasteiger partial charge on any atom is 0.346 e. The molecule has 4 heteroatoms. The van der Waals surface area contributed by atoms with E-state index in [-0.39, 0.29) is 29.6 Å². The van der Waals surface area contributed by atoms with E-state index in [0.717, 1.165) is 0 Å². The van der Waals surface area contributed by atoms with Crippen molar-refractivity contribution in [3.63, 3.8) is 0 Å². The summed E-state index contributed by atoms with van der Waals surface area (Å²) in [6.07, 6.45) is 0. The van der Waals surface area contributed by atoms with Gasteiger partial charge in [0.2, 0.25) is 0 Å². The first-order chi connectivity index (χ1) is 8.27. The van der Waals surface area contributed by atoms with Gasteiger partial charge in [0.15, 0.2) is 0 Å². The van der Waals surface area contributed by atoms with Crippen LogP contribution in [0.3, 0.4) is 0 Å². The summed E-state index contributed by atoms with van der Waals surface area (Å²) in [7, 11) is 0. The number of hydrogen-bond acceptors (Lipinski definition) is 3. The maximum absolute atomic E-state index is 11.6. The Hall–Kier alpha value is -1.42. The van der Waals surface area contributed by atoms with Crippen molar-refractivity contribution in [3.05, 3.63) is 71.8 Å². The molecule has 0 heterocycles. The SMILES string of the molecule is O=C(OC(=O)c1ccccc1)c1ccccc1.[Na]. The molecule has 0 saturated carbocycles. The second-order valence-corrected chi connectivity index (χ2v) is 3.41. The molecule has 3 nitrogen and oxygen atoms in total. The quantitative estimate of drug-likeness (QED) is 0.466. The van der Waals surface area contributed by atoms with Crippen LogP contribution in [0.1, 0.15) is 20.7 Å². The van der Waals surface area contributed by atoms with Gasteiger partial charge in [-0.25, -0.2) is 9.59 Å². The Labute approximate surface area is 127 Å². The first-order valence-corrected chi connectivity index (χ1v) is 5.14. The minimum Gasteiger partial charge on any atom is -0.386 e. The molecule has 0 atom stereocenters. The molecule has 0 saturated heterocycles. The van der Waals surface area contributed by atoms with Crippen LogP contribution >= 0.6 is 0 Å². The van der Waals surface area contributed by atoms with Gasteiger partial charge >= 0.3 is 11.9 Å². The van der Waals surface area contributed by atoms with E-state index in [2.05, 4.69) is 0 Å². The van der Waals surface area contributed by atoms with Crippen LogP contribution in [-0.4, -0.2) is 41.5 Å². The predicted octanol–water partition coefficient (Wildman–Crippen LogP) is 2.30. The van der Waals surface area contributed by atoms with Gasteiger partial charge in [0.05, 0.1) is 11.1 Å². The van der Waals surface area contributed by atoms with Crippen molar-refractivity contribution < 1.29 is 14.3 Å². The molecule has 0 N–H and O–H groups in total. The van der Waals surface area contributed by atoms with Gasteiger partial charge in [0.1, 0.15) is 0 Å². The van der Waals surface area contributed by atoms with Gasteiger partial charge in [-0.05, 0) is 24.3 Å². The number of benzene rings is 2. The van der Waals surface area contributed by atoms with Crippen molar-refractivity contribution >= 4 is 41.5 Å². The van der Waals surface area contributed by atoms with Crippen molar-refractivity contribution in [1.29, 1.82) is 0 Å². The van der Waals surface area contributed by atoms with E-state index in [9.17, 15) is 9.59 Å². The van der Waals surface area contributed by atoms with Crippen LogP contribution in [0.2, 0.25) is 0 Å². The van der Waals surface area contributed by atoms with Crippen LogP contribution in [0.5, 0.6) is 0 Å². The van der Waals surface area contributed by atoms with Crippen LogP contribution in [0, 0.1) is 0 Å². The molecule has 0 spiro atoms. The molecule has 1 radical (unpaired) electrons. The Morgan fingerprint density at radius 1 is 0.667 bits per heavy atom. The first kappa shape index (κ1) is 14.6. The number of rotatable bonds is 2. The fraction of sp³-hybridized carbons (Fsp3) is 0.